The summed E-state index contributed by atoms with van der Waals surface area (Å²) in [5, 5.41) is 13.3. The number of aliphatic hydroxyl groups is 1. The molecule has 0 bridgehead atoms. The number of nitrogens with two attached hydrogens (primary N) is 1. The first-order valence-electron chi connectivity index (χ1n) is 15.2. The van der Waals surface area contributed by atoms with E-state index < -0.39 is 6.10 Å². The number of rotatable bonds is 6. The molecular formula is C41H34N2O2. The van der Waals surface area contributed by atoms with E-state index in [1.807, 2.05) is 123 Å². The largest absolute Gasteiger partial charge is 0.398 e. The van der Waals surface area contributed by atoms with Gasteiger partial charge >= 0.3 is 0 Å². The molecule has 0 aliphatic carbocycles. The first kappa shape index (κ1) is 28.3. The average Bonchev–Trinajstić information content (AvgIpc) is 3.39. The molecule has 4 nitrogen and oxygen atoms in total. The minimum absolute atomic E-state index is 0.00619. The maximum atomic E-state index is 13.4. The van der Waals surface area contributed by atoms with Crippen LogP contribution in [0.3, 0.4) is 0 Å². The quantitative estimate of drug-likeness (QED) is 0.151. The van der Waals surface area contributed by atoms with Crippen molar-refractivity contribution in [2.45, 2.75) is 26.9 Å². The highest BCUT2D eigenvalue weighted by Crippen LogP contribution is 2.37. The number of nitrogens with zero attached hydrogens (tertiary/aromatic N) is 1. The van der Waals surface area contributed by atoms with Crippen LogP contribution in [0.25, 0.3) is 38.6 Å². The van der Waals surface area contributed by atoms with Gasteiger partial charge in [-0.3, -0.25) is 4.79 Å². The van der Waals surface area contributed by atoms with E-state index in [4.69, 9.17) is 5.73 Å². The molecule has 0 amide bonds. The molecule has 1 atom stereocenters. The zero-order chi connectivity index (χ0) is 31.2. The average molecular weight is 587 g/mol. The van der Waals surface area contributed by atoms with Crippen LogP contribution in [0.15, 0.2) is 127 Å². The summed E-state index contributed by atoms with van der Waals surface area (Å²) in [5.41, 5.74) is 18.5. The van der Waals surface area contributed by atoms with Gasteiger partial charge in [-0.1, -0.05) is 90.0 Å². The van der Waals surface area contributed by atoms with Crippen molar-refractivity contribution < 1.29 is 9.90 Å². The topological polar surface area (TPSA) is 68.2 Å². The van der Waals surface area contributed by atoms with Crippen molar-refractivity contribution in [2.75, 3.05) is 5.73 Å². The Hall–Kier alpha value is -5.45. The molecular weight excluding hydrogens is 552 g/mol. The van der Waals surface area contributed by atoms with E-state index in [0.717, 1.165) is 66.4 Å². The van der Waals surface area contributed by atoms with Crippen LogP contribution in [0, 0.1) is 20.8 Å². The van der Waals surface area contributed by atoms with Crippen LogP contribution in [-0.4, -0.2) is 15.5 Å². The maximum absolute atomic E-state index is 13.4. The van der Waals surface area contributed by atoms with Gasteiger partial charge in [0, 0.05) is 38.8 Å². The Morgan fingerprint density at radius 1 is 0.622 bits per heavy atom. The highest BCUT2D eigenvalue weighted by atomic mass is 16.3. The molecule has 0 aliphatic rings. The lowest BCUT2D eigenvalue weighted by molar-refractivity contribution is 0.103. The van der Waals surface area contributed by atoms with Gasteiger partial charge in [-0.05, 0) is 91.6 Å². The lowest BCUT2D eigenvalue weighted by atomic mass is 9.92. The van der Waals surface area contributed by atoms with Crippen molar-refractivity contribution in [1.29, 1.82) is 0 Å². The Bertz CT molecular complexity index is 2220. The summed E-state index contributed by atoms with van der Waals surface area (Å²) in [6, 6.07) is 42.1. The van der Waals surface area contributed by atoms with Crippen molar-refractivity contribution in [1.82, 2.24) is 4.57 Å². The molecule has 220 valence electrons. The predicted octanol–water partition coefficient (Wildman–Crippen LogP) is 9.27. The first-order chi connectivity index (χ1) is 21.8. The standard InChI is InChI=1S/C41H34N2O2/c1-25-8-13-28(14-9-25)40(44)30-17-12-27(3)34(22-30)35-24-32(19-20-37(35)42)43-38-7-5-4-6-33(38)36-23-31(18-21-39(36)43)41(45)29-15-10-26(2)11-16-29/h4-24,40,44H,42H2,1-3H3. The first-order valence-corrected chi connectivity index (χ1v) is 15.2. The van der Waals surface area contributed by atoms with Gasteiger partial charge < -0.3 is 15.4 Å². The number of hydrogen-bond acceptors (Lipinski definition) is 3. The summed E-state index contributed by atoms with van der Waals surface area (Å²) >= 11 is 0. The van der Waals surface area contributed by atoms with E-state index in [2.05, 4.69) is 29.7 Å². The summed E-state index contributed by atoms with van der Waals surface area (Å²) in [7, 11) is 0. The van der Waals surface area contributed by atoms with Crippen LogP contribution >= 0.6 is 0 Å². The number of benzene rings is 6. The molecule has 6 aromatic carbocycles. The lowest BCUT2D eigenvalue weighted by Crippen LogP contribution is -2.02. The molecule has 1 aromatic heterocycles. The smallest absolute Gasteiger partial charge is 0.193 e. The van der Waals surface area contributed by atoms with Crippen LogP contribution in [0.2, 0.25) is 0 Å². The molecule has 0 fully saturated rings. The summed E-state index contributed by atoms with van der Waals surface area (Å²) in [5.74, 6) is 0.00619. The third-order valence-electron chi connectivity index (χ3n) is 8.80. The molecule has 0 saturated heterocycles. The highest BCUT2D eigenvalue weighted by Gasteiger charge is 2.18. The third kappa shape index (κ3) is 5.09. The monoisotopic (exact) mass is 586 g/mol. The van der Waals surface area contributed by atoms with E-state index >= 15 is 0 Å². The Labute approximate surface area is 263 Å². The van der Waals surface area contributed by atoms with E-state index in [9.17, 15) is 9.90 Å². The third-order valence-corrected chi connectivity index (χ3v) is 8.80. The second kappa shape index (κ2) is 11.2. The molecule has 1 unspecified atom stereocenters. The Balaban J connectivity index is 1.35. The van der Waals surface area contributed by atoms with Crippen molar-refractivity contribution in [3.63, 3.8) is 0 Å². The number of carbonyl (C=O) groups is 1. The summed E-state index contributed by atoms with van der Waals surface area (Å²) in [4.78, 5) is 13.4. The second-order valence-electron chi connectivity index (χ2n) is 11.9. The molecule has 1 heterocycles. The van der Waals surface area contributed by atoms with Crippen LogP contribution in [-0.2, 0) is 0 Å². The molecule has 0 saturated carbocycles. The number of anilines is 1. The number of fused-ring (bicyclic) bond motifs is 3. The van der Waals surface area contributed by atoms with Crippen molar-refractivity contribution in [2.24, 2.45) is 0 Å². The van der Waals surface area contributed by atoms with Crippen LogP contribution in [0.1, 0.15) is 49.8 Å². The summed E-state index contributed by atoms with van der Waals surface area (Å²) in [6.45, 7) is 6.12. The van der Waals surface area contributed by atoms with E-state index in [0.29, 0.717) is 16.8 Å². The fraction of sp³-hybridized carbons (Fsp3) is 0.0976. The molecule has 7 rings (SSSR count). The second-order valence-corrected chi connectivity index (χ2v) is 11.9. The van der Waals surface area contributed by atoms with E-state index in [-0.39, 0.29) is 5.78 Å². The summed E-state index contributed by atoms with van der Waals surface area (Å²) in [6.07, 6.45) is -0.747. The van der Waals surface area contributed by atoms with Crippen LogP contribution in [0.5, 0.6) is 0 Å². The van der Waals surface area contributed by atoms with Crippen molar-refractivity contribution in [3.8, 4) is 16.8 Å². The Morgan fingerprint density at radius 3 is 2.02 bits per heavy atom. The van der Waals surface area contributed by atoms with Crippen molar-refractivity contribution >= 4 is 33.3 Å². The minimum atomic E-state index is -0.747. The number of para-hydroxylation sites is 1. The van der Waals surface area contributed by atoms with Gasteiger partial charge in [-0.15, -0.1) is 0 Å². The lowest BCUT2D eigenvalue weighted by Gasteiger charge is -2.17. The maximum Gasteiger partial charge on any atom is 0.193 e. The Morgan fingerprint density at radius 2 is 1.27 bits per heavy atom. The van der Waals surface area contributed by atoms with Crippen LogP contribution < -0.4 is 5.73 Å². The van der Waals surface area contributed by atoms with Gasteiger partial charge in [-0.2, -0.15) is 0 Å². The molecule has 0 aliphatic heterocycles. The number of hydrogen-bond donors (Lipinski definition) is 2. The van der Waals surface area contributed by atoms with Gasteiger partial charge in [-0.25, -0.2) is 0 Å². The van der Waals surface area contributed by atoms with Crippen LogP contribution in [0.4, 0.5) is 5.69 Å². The highest BCUT2D eigenvalue weighted by molar-refractivity contribution is 6.15. The molecule has 4 heteroatoms. The predicted molar refractivity (Wildman–Crippen MR) is 185 cm³/mol. The molecule has 3 N–H and O–H groups in total. The molecule has 45 heavy (non-hydrogen) atoms. The fourth-order valence-electron chi connectivity index (χ4n) is 6.22. The molecule has 7 aromatic rings. The number of aliphatic hydroxyl groups excluding tert-OH is 1. The van der Waals surface area contributed by atoms with E-state index in [1.165, 1.54) is 0 Å². The van der Waals surface area contributed by atoms with Crippen molar-refractivity contribution in [3.05, 3.63) is 166 Å². The fourth-order valence-corrected chi connectivity index (χ4v) is 6.22. The molecule has 0 spiro atoms. The Kier molecular flexibility index (Phi) is 7.07. The number of ketones is 1. The van der Waals surface area contributed by atoms with Gasteiger partial charge in [0.15, 0.2) is 5.78 Å². The number of aryl methyl sites for hydroxylation is 3. The zero-order valence-electron chi connectivity index (χ0n) is 25.6. The van der Waals surface area contributed by atoms with Gasteiger partial charge in [0.1, 0.15) is 6.10 Å². The SMILES string of the molecule is Cc1ccc(C(=O)c2ccc3c(c2)c2ccccc2n3-c2ccc(N)c(-c3cc(C(O)c4ccc(C)cc4)ccc3C)c2)cc1. The van der Waals surface area contributed by atoms with E-state index in [1.54, 1.807) is 0 Å². The van der Waals surface area contributed by atoms with Gasteiger partial charge in [0.05, 0.1) is 11.0 Å². The normalized spacial score (nSPS) is 12.1. The number of aromatic nitrogens is 1. The molecule has 0 radical (unpaired) electrons. The minimum Gasteiger partial charge on any atom is -0.398 e. The van der Waals surface area contributed by atoms with Gasteiger partial charge in [0.2, 0.25) is 0 Å². The zero-order valence-corrected chi connectivity index (χ0v) is 25.6. The van der Waals surface area contributed by atoms with Gasteiger partial charge in [0.25, 0.3) is 0 Å². The summed E-state index contributed by atoms with van der Waals surface area (Å²) < 4.78 is 2.23. The number of carbonyl (C=O) groups excluding carboxylic acids is 1. The number of nitrogen functional groups attached to an aromatic ring is 1.